The first kappa shape index (κ1) is 34.1. The van der Waals surface area contributed by atoms with Gasteiger partial charge < -0.3 is 19.7 Å². The van der Waals surface area contributed by atoms with E-state index in [4.69, 9.17) is 9.47 Å². The highest BCUT2D eigenvalue weighted by Crippen LogP contribution is 2.23. The molecule has 0 bridgehead atoms. The smallest absolute Gasteiger partial charge is 0.412 e. The van der Waals surface area contributed by atoms with Crippen LogP contribution in [0.2, 0.25) is 0 Å². The average Bonchev–Trinajstić information content (AvgIpc) is 3.44. The number of ketones is 1. The topological polar surface area (TPSA) is 113 Å². The Hall–Kier alpha value is -3.80. The van der Waals surface area contributed by atoms with Crippen LogP contribution >= 0.6 is 11.3 Å². The molecule has 0 saturated carbocycles. The number of amides is 3. The van der Waals surface area contributed by atoms with E-state index in [-0.39, 0.29) is 18.2 Å². The zero-order valence-corrected chi connectivity index (χ0v) is 27.4. The van der Waals surface area contributed by atoms with Crippen LogP contribution in [-0.4, -0.2) is 84.2 Å². The van der Waals surface area contributed by atoms with E-state index in [0.717, 1.165) is 57.7 Å². The van der Waals surface area contributed by atoms with Crippen LogP contribution in [0.5, 0.6) is 0 Å². The summed E-state index contributed by atoms with van der Waals surface area (Å²) in [4.78, 5) is 47.2. The summed E-state index contributed by atoms with van der Waals surface area (Å²) in [6.07, 6.45) is 3.83. The molecule has 11 heteroatoms. The summed E-state index contributed by atoms with van der Waals surface area (Å²) in [5.41, 5.74) is 3.00. The van der Waals surface area contributed by atoms with Crippen molar-refractivity contribution < 1.29 is 23.9 Å². The number of aromatic nitrogens is 1. The lowest BCUT2D eigenvalue weighted by molar-refractivity contribution is 0.0369. The number of hydrogen-bond acceptors (Lipinski definition) is 8. The second-order valence-corrected chi connectivity index (χ2v) is 12.9. The number of anilines is 1. The van der Waals surface area contributed by atoms with E-state index in [9.17, 15) is 14.4 Å². The maximum atomic E-state index is 13.2. The van der Waals surface area contributed by atoms with E-state index in [1.54, 1.807) is 38.4 Å². The van der Waals surface area contributed by atoms with Crippen LogP contribution in [0, 0.1) is 0 Å². The Balaban J connectivity index is 1.32. The van der Waals surface area contributed by atoms with Gasteiger partial charge in [0.05, 0.1) is 18.9 Å². The van der Waals surface area contributed by atoms with Crippen molar-refractivity contribution in [2.75, 3.05) is 51.3 Å². The number of ether oxygens (including phenoxy) is 2. The summed E-state index contributed by atoms with van der Waals surface area (Å²) in [6.45, 7) is 11.4. The Kier molecular flexibility index (Phi) is 12.9. The fraction of sp³-hybridized carbons (Fsp3) is 0.471. The third-order valence-electron chi connectivity index (χ3n) is 7.29. The number of unbranched alkanes of at least 4 members (excludes halogenated alkanes) is 1. The van der Waals surface area contributed by atoms with Gasteiger partial charge in [0.15, 0.2) is 5.78 Å². The molecule has 2 aromatic heterocycles. The lowest BCUT2D eigenvalue weighted by atomic mass is 10.1. The Morgan fingerprint density at radius 2 is 1.80 bits per heavy atom. The molecule has 3 heterocycles. The average molecular weight is 636 g/mol. The molecule has 3 aromatic rings. The van der Waals surface area contributed by atoms with Crippen LogP contribution in [0.3, 0.4) is 0 Å². The molecule has 1 aliphatic heterocycles. The quantitative estimate of drug-likeness (QED) is 0.171. The molecule has 0 atom stereocenters. The number of nitrogens with one attached hydrogen (secondary N) is 2. The third-order valence-corrected chi connectivity index (χ3v) is 8.08. The summed E-state index contributed by atoms with van der Waals surface area (Å²) >= 11 is 1.40. The normalized spacial score (nSPS) is 13.7. The Morgan fingerprint density at radius 3 is 2.51 bits per heavy atom. The van der Waals surface area contributed by atoms with Crippen LogP contribution < -0.4 is 10.6 Å². The molecule has 0 spiro atoms. The maximum Gasteiger partial charge on any atom is 0.412 e. The van der Waals surface area contributed by atoms with Crippen LogP contribution in [0.25, 0.3) is 0 Å². The van der Waals surface area contributed by atoms with Gasteiger partial charge in [-0.15, -0.1) is 11.3 Å². The number of hydrogen-bond donors (Lipinski definition) is 2. The van der Waals surface area contributed by atoms with Gasteiger partial charge in [-0.05, 0) is 74.7 Å². The summed E-state index contributed by atoms with van der Waals surface area (Å²) in [5, 5.41) is 9.43. The van der Waals surface area contributed by atoms with E-state index < -0.39 is 11.7 Å². The number of morpholine rings is 1. The SMILES string of the molecule is CC(C)(C)OC(=O)Nc1cscc1CC(=O)c1ccc(CN(CCCCN2CCOCC2)C(=O)NCCc2ccccc2)cn1. The number of pyridine rings is 1. The second-order valence-electron chi connectivity index (χ2n) is 12.1. The molecule has 1 fully saturated rings. The fourth-order valence-corrected chi connectivity index (χ4v) is 5.72. The van der Waals surface area contributed by atoms with Gasteiger partial charge in [-0.1, -0.05) is 36.4 Å². The van der Waals surface area contributed by atoms with Crippen molar-refractivity contribution in [2.45, 2.75) is 58.6 Å². The van der Waals surface area contributed by atoms with Crippen LogP contribution in [0.1, 0.15) is 60.8 Å². The number of nitrogens with zero attached hydrogens (tertiary/aromatic N) is 3. The summed E-state index contributed by atoms with van der Waals surface area (Å²) < 4.78 is 10.8. The van der Waals surface area contributed by atoms with Crippen LogP contribution in [0.15, 0.2) is 59.4 Å². The molecule has 1 aromatic carbocycles. The molecule has 1 aliphatic rings. The highest BCUT2D eigenvalue weighted by atomic mass is 32.1. The Bertz CT molecular complexity index is 1370. The second kappa shape index (κ2) is 17.0. The number of rotatable bonds is 14. The van der Waals surface area contributed by atoms with Crippen LogP contribution in [0.4, 0.5) is 15.3 Å². The number of Topliss-reactive ketones (excluding diaryl/α,β-unsaturated/α-hetero) is 1. The minimum atomic E-state index is -0.622. The molecule has 242 valence electrons. The first-order chi connectivity index (χ1) is 21.7. The van der Waals surface area contributed by atoms with Gasteiger partial charge in [-0.3, -0.25) is 20.0 Å². The van der Waals surface area contributed by atoms with Crippen molar-refractivity contribution in [1.82, 2.24) is 20.1 Å². The van der Waals surface area contributed by atoms with E-state index in [1.165, 1.54) is 16.9 Å². The summed E-state index contributed by atoms with van der Waals surface area (Å²) in [6, 6.07) is 13.5. The molecule has 45 heavy (non-hydrogen) atoms. The molecule has 0 unspecified atom stereocenters. The standard InChI is InChI=1S/C34H45N5O5S/c1-34(2,3)44-33(42)37-30-25-45-24-28(30)21-31(40)29-12-11-27(22-36-29)23-39(16-8-7-15-38-17-19-43-20-18-38)32(41)35-14-13-26-9-5-4-6-10-26/h4-6,9-12,22,24-25H,7-8,13-21,23H2,1-3H3,(H,35,41)(H,37,42). The molecule has 2 N–H and O–H groups in total. The van der Waals surface area contributed by atoms with Gasteiger partial charge in [-0.25, -0.2) is 9.59 Å². The van der Waals surface area contributed by atoms with Crippen molar-refractivity contribution in [3.05, 3.63) is 81.8 Å². The minimum absolute atomic E-state index is 0.0973. The first-order valence-corrected chi connectivity index (χ1v) is 16.5. The zero-order valence-electron chi connectivity index (χ0n) is 26.5. The molecular weight excluding hydrogens is 590 g/mol. The highest BCUT2D eigenvalue weighted by molar-refractivity contribution is 7.08. The third kappa shape index (κ3) is 11.9. The van der Waals surface area contributed by atoms with E-state index in [1.807, 2.05) is 34.5 Å². The van der Waals surface area contributed by atoms with Gasteiger partial charge in [0.1, 0.15) is 11.3 Å². The molecule has 4 rings (SSSR count). The van der Waals surface area contributed by atoms with Crippen molar-refractivity contribution in [2.24, 2.45) is 0 Å². The molecule has 10 nitrogen and oxygen atoms in total. The molecular formula is C34H45N5O5S. The first-order valence-electron chi connectivity index (χ1n) is 15.6. The monoisotopic (exact) mass is 635 g/mol. The van der Waals surface area contributed by atoms with Crippen molar-refractivity contribution in [3.63, 3.8) is 0 Å². The Labute approximate surface area is 270 Å². The van der Waals surface area contributed by atoms with Crippen molar-refractivity contribution in [1.29, 1.82) is 0 Å². The molecule has 3 amide bonds. The fourth-order valence-electron chi connectivity index (χ4n) is 4.94. The maximum absolute atomic E-state index is 13.2. The number of carbonyl (C=O) groups excluding carboxylic acids is 3. The predicted octanol–water partition coefficient (Wildman–Crippen LogP) is 5.78. The predicted molar refractivity (Wildman–Crippen MR) is 177 cm³/mol. The van der Waals surface area contributed by atoms with Gasteiger partial charge >= 0.3 is 12.1 Å². The van der Waals surface area contributed by atoms with E-state index in [2.05, 4.69) is 32.7 Å². The summed E-state index contributed by atoms with van der Waals surface area (Å²) in [7, 11) is 0. The van der Waals surface area contributed by atoms with Gasteiger partial charge in [0, 0.05) is 50.7 Å². The van der Waals surface area contributed by atoms with E-state index >= 15 is 0 Å². The van der Waals surface area contributed by atoms with Gasteiger partial charge in [0.25, 0.3) is 0 Å². The molecule has 0 aliphatic carbocycles. The van der Waals surface area contributed by atoms with Crippen molar-refractivity contribution in [3.8, 4) is 0 Å². The van der Waals surface area contributed by atoms with Crippen LogP contribution in [-0.2, 0) is 28.9 Å². The largest absolute Gasteiger partial charge is 0.444 e. The number of urea groups is 1. The minimum Gasteiger partial charge on any atom is -0.444 e. The number of thiophene rings is 1. The van der Waals surface area contributed by atoms with Crippen molar-refractivity contribution >= 4 is 34.9 Å². The Morgan fingerprint density at radius 1 is 1.02 bits per heavy atom. The van der Waals surface area contributed by atoms with Gasteiger partial charge in [0.2, 0.25) is 0 Å². The number of benzene rings is 1. The molecule has 0 radical (unpaired) electrons. The van der Waals surface area contributed by atoms with E-state index in [0.29, 0.717) is 36.6 Å². The molecule has 1 saturated heterocycles. The summed E-state index contributed by atoms with van der Waals surface area (Å²) in [5.74, 6) is -0.161. The lowest BCUT2D eigenvalue weighted by Gasteiger charge is -2.27. The zero-order chi connectivity index (χ0) is 32.1. The number of carbonyl (C=O) groups is 3. The lowest BCUT2D eigenvalue weighted by Crippen LogP contribution is -2.41. The van der Waals surface area contributed by atoms with Gasteiger partial charge in [-0.2, -0.15) is 0 Å². The highest BCUT2D eigenvalue weighted by Gasteiger charge is 2.20.